The van der Waals surface area contributed by atoms with Gasteiger partial charge in [-0.25, -0.2) is 4.98 Å². The highest BCUT2D eigenvalue weighted by Gasteiger charge is 2.22. The van der Waals surface area contributed by atoms with Gasteiger partial charge in [-0.1, -0.05) is 0 Å². The number of nitrogens with zero attached hydrogens (tertiary/aromatic N) is 2. The minimum Gasteiger partial charge on any atom is -0.342 e. The van der Waals surface area contributed by atoms with Crippen molar-refractivity contribution >= 4 is 5.95 Å². The summed E-state index contributed by atoms with van der Waals surface area (Å²) in [7, 11) is 0. The highest BCUT2D eigenvalue weighted by molar-refractivity contribution is 5.32. The van der Waals surface area contributed by atoms with E-state index < -0.39 is 0 Å². The molecule has 72 valence electrons. The third-order valence-corrected chi connectivity index (χ3v) is 2.61. The molecular formula is C9H16N4. The zero-order valence-corrected chi connectivity index (χ0v) is 7.95. The predicted molar refractivity (Wildman–Crippen MR) is 52.7 cm³/mol. The Morgan fingerprint density at radius 2 is 2.62 bits per heavy atom. The Bertz CT molecular complexity index is 281. The van der Waals surface area contributed by atoms with E-state index in [-0.39, 0.29) is 0 Å². The molecule has 1 aromatic heterocycles. The van der Waals surface area contributed by atoms with Gasteiger partial charge in [0.25, 0.3) is 0 Å². The molecule has 1 unspecified atom stereocenters. The van der Waals surface area contributed by atoms with Gasteiger partial charge in [0.1, 0.15) is 0 Å². The predicted octanol–water partition coefficient (Wildman–Crippen LogP) is 0.503. The number of H-pyrrole nitrogens is 1. The SMILES string of the molecule is Cc1cnc(N2CCC(CN)C2)[nH]1. The van der Waals surface area contributed by atoms with E-state index in [0.29, 0.717) is 5.92 Å². The van der Waals surface area contributed by atoms with Crippen LogP contribution in [0.1, 0.15) is 12.1 Å². The highest BCUT2D eigenvalue weighted by Crippen LogP contribution is 2.19. The number of nitrogens with one attached hydrogen (secondary N) is 1. The fourth-order valence-corrected chi connectivity index (χ4v) is 1.78. The third kappa shape index (κ3) is 1.67. The summed E-state index contributed by atoms with van der Waals surface area (Å²) >= 11 is 0. The lowest BCUT2D eigenvalue weighted by molar-refractivity contribution is 0.602. The van der Waals surface area contributed by atoms with Crippen molar-refractivity contribution in [1.29, 1.82) is 0 Å². The Balaban J connectivity index is 2.03. The minimum absolute atomic E-state index is 0.644. The van der Waals surface area contributed by atoms with Gasteiger partial charge in [0.05, 0.1) is 0 Å². The third-order valence-electron chi connectivity index (χ3n) is 2.61. The van der Waals surface area contributed by atoms with Crippen LogP contribution < -0.4 is 10.6 Å². The molecule has 0 saturated carbocycles. The molecule has 4 nitrogen and oxygen atoms in total. The van der Waals surface area contributed by atoms with E-state index in [1.807, 2.05) is 13.1 Å². The van der Waals surface area contributed by atoms with Gasteiger partial charge in [-0.05, 0) is 25.8 Å². The van der Waals surface area contributed by atoms with Crippen LogP contribution in [0.4, 0.5) is 5.95 Å². The molecule has 13 heavy (non-hydrogen) atoms. The van der Waals surface area contributed by atoms with E-state index in [2.05, 4.69) is 14.9 Å². The highest BCUT2D eigenvalue weighted by atomic mass is 15.3. The van der Waals surface area contributed by atoms with E-state index in [1.165, 1.54) is 6.42 Å². The second-order valence-electron chi connectivity index (χ2n) is 3.73. The second kappa shape index (κ2) is 3.38. The molecule has 2 heterocycles. The fraction of sp³-hybridized carbons (Fsp3) is 0.667. The average molecular weight is 180 g/mol. The molecule has 1 aliphatic rings. The van der Waals surface area contributed by atoms with Gasteiger partial charge >= 0.3 is 0 Å². The molecule has 0 amide bonds. The lowest BCUT2D eigenvalue weighted by Crippen LogP contribution is -2.23. The Morgan fingerprint density at radius 3 is 3.15 bits per heavy atom. The summed E-state index contributed by atoms with van der Waals surface area (Å²) in [6.45, 7) is 4.93. The Morgan fingerprint density at radius 1 is 1.77 bits per heavy atom. The number of aromatic amines is 1. The Labute approximate surface area is 78.1 Å². The van der Waals surface area contributed by atoms with Crippen LogP contribution in [0.5, 0.6) is 0 Å². The van der Waals surface area contributed by atoms with Gasteiger partial charge in [-0.3, -0.25) is 0 Å². The number of imidazole rings is 1. The van der Waals surface area contributed by atoms with Crippen LogP contribution in [-0.4, -0.2) is 29.6 Å². The van der Waals surface area contributed by atoms with E-state index in [0.717, 1.165) is 31.3 Å². The summed E-state index contributed by atoms with van der Waals surface area (Å²) in [4.78, 5) is 9.80. The standard InChI is InChI=1S/C9H16N4/c1-7-5-11-9(12-7)13-3-2-8(4-10)6-13/h5,8H,2-4,6,10H2,1H3,(H,11,12). The first-order valence-corrected chi connectivity index (χ1v) is 4.76. The molecule has 2 rings (SSSR count). The summed E-state index contributed by atoms with van der Waals surface area (Å²) in [5, 5.41) is 0. The van der Waals surface area contributed by atoms with E-state index in [1.54, 1.807) is 0 Å². The maximum absolute atomic E-state index is 5.62. The molecule has 0 radical (unpaired) electrons. The zero-order valence-electron chi connectivity index (χ0n) is 7.95. The Hall–Kier alpha value is -1.03. The van der Waals surface area contributed by atoms with Gasteiger partial charge in [0.2, 0.25) is 5.95 Å². The van der Waals surface area contributed by atoms with Gasteiger partial charge in [-0.2, -0.15) is 0 Å². The van der Waals surface area contributed by atoms with E-state index >= 15 is 0 Å². The Kier molecular flexibility index (Phi) is 2.22. The first-order chi connectivity index (χ1) is 6.29. The molecule has 4 heteroatoms. The van der Waals surface area contributed by atoms with Crippen LogP contribution in [0, 0.1) is 12.8 Å². The first kappa shape index (κ1) is 8.56. The van der Waals surface area contributed by atoms with Crippen LogP contribution in [0.3, 0.4) is 0 Å². The molecule has 0 aliphatic carbocycles. The van der Waals surface area contributed by atoms with Crippen molar-refractivity contribution in [3.8, 4) is 0 Å². The van der Waals surface area contributed by atoms with Gasteiger partial charge in [0, 0.05) is 25.0 Å². The maximum atomic E-state index is 5.62. The summed E-state index contributed by atoms with van der Waals surface area (Å²) in [6.07, 6.45) is 3.06. The number of aromatic nitrogens is 2. The lowest BCUT2D eigenvalue weighted by Gasteiger charge is -2.14. The minimum atomic E-state index is 0.644. The molecule has 0 bridgehead atoms. The second-order valence-corrected chi connectivity index (χ2v) is 3.73. The molecule has 1 fully saturated rings. The lowest BCUT2D eigenvalue weighted by atomic mass is 10.1. The van der Waals surface area contributed by atoms with Crippen LogP contribution in [0.2, 0.25) is 0 Å². The number of hydrogen-bond acceptors (Lipinski definition) is 3. The summed E-state index contributed by atoms with van der Waals surface area (Å²) in [6, 6.07) is 0. The van der Waals surface area contributed by atoms with Gasteiger partial charge in [-0.15, -0.1) is 0 Å². The van der Waals surface area contributed by atoms with Crippen molar-refractivity contribution in [3.63, 3.8) is 0 Å². The van der Waals surface area contributed by atoms with Crippen LogP contribution >= 0.6 is 0 Å². The normalized spacial score (nSPS) is 22.6. The van der Waals surface area contributed by atoms with Crippen LogP contribution in [0.25, 0.3) is 0 Å². The number of aryl methyl sites for hydroxylation is 1. The van der Waals surface area contributed by atoms with Crippen molar-refractivity contribution in [2.45, 2.75) is 13.3 Å². The van der Waals surface area contributed by atoms with Gasteiger partial charge < -0.3 is 15.6 Å². The average Bonchev–Trinajstić information content (AvgIpc) is 2.71. The summed E-state index contributed by atoms with van der Waals surface area (Å²) in [5.74, 6) is 1.64. The quantitative estimate of drug-likeness (QED) is 0.697. The number of anilines is 1. The summed E-state index contributed by atoms with van der Waals surface area (Å²) in [5.41, 5.74) is 6.74. The van der Waals surface area contributed by atoms with Crippen molar-refractivity contribution in [3.05, 3.63) is 11.9 Å². The summed E-state index contributed by atoms with van der Waals surface area (Å²) < 4.78 is 0. The molecule has 1 aromatic rings. The van der Waals surface area contributed by atoms with E-state index in [4.69, 9.17) is 5.73 Å². The number of hydrogen-bond donors (Lipinski definition) is 2. The van der Waals surface area contributed by atoms with Crippen LogP contribution in [0.15, 0.2) is 6.20 Å². The van der Waals surface area contributed by atoms with Crippen molar-refractivity contribution < 1.29 is 0 Å². The molecule has 3 N–H and O–H groups in total. The van der Waals surface area contributed by atoms with Crippen molar-refractivity contribution in [1.82, 2.24) is 9.97 Å². The molecule has 1 aliphatic heterocycles. The largest absolute Gasteiger partial charge is 0.342 e. The topological polar surface area (TPSA) is 57.9 Å². The number of nitrogens with two attached hydrogens (primary N) is 1. The number of rotatable bonds is 2. The molecule has 1 atom stereocenters. The maximum Gasteiger partial charge on any atom is 0.202 e. The fourth-order valence-electron chi connectivity index (χ4n) is 1.78. The van der Waals surface area contributed by atoms with Crippen molar-refractivity contribution in [2.75, 3.05) is 24.5 Å². The monoisotopic (exact) mass is 180 g/mol. The molecule has 1 saturated heterocycles. The zero-order chi connectivity index (χ0) is 9.26. The molecule has 0 aromatic carbocycles. The molecule has 0 spiro atoms. The smallest absolute Gasteiger partial charge is 0.202 e. The van der Waals surface area contributed by atoms with Crippen LogP contribution in [-0.2, 0) is 0 Å². The van der Waals surface area contributed by atoms with E-state index in [9.17, 15) is 0 Å². The van der Waals surface area contributed by atoms with Crippen molar-refractivity contribution in [2.24, 2.45) is 11.7 Å². The van der Waals surface area contributed by atoms with Gasteiger partial charge in [0.15, 0.2) is 0 Å². The first-order valence-electron chi connectivity index (χ1n) is 4.76. The molecular weight excluding hydrogens is 164 g/mol.